The van der Waals surface area contributed by atoms with E-state index in [-0.39, 0.29) is 5.91 Å². The molecule has 0 unspecified atom stereocenters. The number of carboxylic acids is 1. The van der Waals surface area contributed by atoms with Crippen molar-refractivity contribution < 1.29 is 14.7 Å². The number of aliphatic carboxylic acids is 1. The third kappa shape index (κ3) is 2.03. The molecule has 0 spiro atoms. The molecule has 84 valence electrons. The van der Waals surface area contributed by atoms with E-state index in [1.54, 1.807) is 18.5 Å². The largest absolute Gasteiger partial charge is 0.480 e. The van der Waals surface area contributed by atoms with E-state index in [9.17, 15) is 9.59 Å². The molecule has 1 saturated heterocycles. The minimum absolute atomic E-state index is 0.101. The Hall–Kier alpha value is -1.91. The normalized spacial score (nSPS) is 20.1. The number of likely N-dealkylation sites (tertiary alicyclic amines) is 1. The highest BCUT2D eigenvalue weighted by Crippen LogP contribution is 2.21. The lowest BCUT2D eigenvalue weighted by Gasteiger charge is -2.21. The molecule has 1 atom stereocenters. The molecule has 0 bridgehead atoms. The summed E-state index contributed by atoms with van der Waals surface area (Å²) >= 11 is 0. The lowest BCUT2D eigenvalue weighted by Crippen LogP contribution is -2.37. The number of aromatic nitrogens is 1. The van der Waals surface area contributed by atoms with E-state index in [2.05, 4.69) is 4.98 Å². The van der Waals surface area contributed by atoms with Crippen LogP contribution < -0.4 is 0 Å². The van der Waals surface area contributed by atoms with Gasteiger partial charge in [-0.1, -0.05) is 6.07 Å². The summed E-state index contributed by atoms with van der Waals surface area (Å²) in [5, 5.41) is 8.97. The second-order valence-corrected chi connectivity index (χ2v) is 3.78. The molecule has 0 saturated carbocycles. The molecule has 2 heterocycles. The summed E-state index contributed by atoms with van der Waals surface area (Å²) in [6.45, 7) is 0.323. The maximum atomic E-state index is 11.5. The van der Waals surface area contributed by atoms with Crippen LogP contribution in [-0.2, 0) is 16.1 Å². The zero-order chi connectivity index (χ0) is 11.5. The van der Waals surface area contributed by atoms with Crippen LogP contribution in [0.2, 0.25) is 0 Å². The molecule has 5 nitrogen and oxygen atoms in total. The maximum Gasteiger partial charge on any atom is 0.326 e. The summed E-state index contributed by atoms with van der Waals surface area (Å²) in [4.78, 5) is 27.8. The number of amides is 1. The summed E-state index contributed by atoms with van der Waals surface area (Å²) in [5.41, 5.74) is 0.851. The first-order valence-corrected chi connectivity index (χ1v) is 5.09. The van der Waals surface area contributed by atoms with Gasteiger partial charge in [0.15, 0.2) is 0 Å². The number of hydrogen-bond acceptors (Lipinski definition) is 3. The Morgan fingerprint density at radius 1 is 1.62 bits per heavy atom. The fourth-order valence-corrected chi connectivity index (χ4v) is 1.88. The van der Waals surface area contributed by atoms with Gasteiger partial charge in [-0.15, -0.1) is 0 Å². The Labute approximate surface area is 92.7 Å². The number of rotatable bonds is 3. The average Bonchev–Trinajstić information content (AvgIpc) is 2.62. The van der Waals surface area contributed by atoms with Crippen molar-refractivity contribution in [2.75, 3.05) is 0 Å². The van der Waals surface area contributed by atoms with Gasteiger partial charge in [-0.25, -0.2) is 4.79 Å². The Balaban J connectivity index is 2.13. The van der Waals surface area contributed by atoms with Crippen LogP contribution in [0, 0.1) is 0 Å². The van der Waals surface area contributed by atoms with Crippen LogP contribution in [0.25, 0.3) is 0 Å². The fourth-order valence-electron chi connectivity index (χ4n) is 1.88. The highest BCUT2D eigenvalue weighted by Gasteiger charge is 2.35. The van der Waals surface area contributed by atoms with Crippen molar-refractivity contribution in [2.24, 2.45) is 0 Å². The van der Waals surface area contributed by atoms with Crippen LogP contribution in [0.15, 0.2) is 24.5 Å². The number of hydrogen-bond donors (Lipinski definition) is 1. The Morgan fingerprint density at radius 3 is 3.06 bits per heavy atom. The highest BCUT2D eigenvalue weighted by atomic mass is 16.4. The van der Waals surface area contributed by atoms with E-state index in [1.807, 2.05) is 6.07 Å². The molecule has 0 radical (unpaired) electrons. The first-order valence-electron chi connectivity index (χ1n) is 5.09. The lowest BCUT2D eigenvalue weighted by atomic mass is 10.2. The van der Waals surface area contributed by atoms with Crippen LogP contribution in [-0.4, -0.2) is 32.9 Å². The van der Waals surface area contributed by atoms with Gasteiger partial charge in [0, 0.05) is 25.4 Å². The van der Waals surface area contributed by atoms with Crippen LogP contribution in [0.4, 0.5) is 0 Å². The third-order valence-corrected chi connectivity index (χ3v) is 2.69. The van der Waals surface area contributed by atoms with Crippen LogP contribution >= 0.6 is 0 Å². The van der Waals surface area contributed by atoms with E-state index in [0.29, 0.717) is 19.4 Å². The van der Waals surface area contributed by atoms with Gasteiger partial charge >= 0.3 is 5.97 Å². The molecule has 1 fully saturated rings. The van der Waals surface area contributed by atoms with Crippen molar-refractivity contribution in [1.82, 2.24) is 9.88 Å². The monoisotopic (exact) mass is 220 g/mol. The minimum Gasteiger partial charge on any atom is -0.480 e. The van der Waals surface area contributed by atoms with E-state index in [0.717, 1.165) is 5.56 Å². The third-order valence-electron chi connectivity index (χ3n) is 2.69. The molecule has 5 heteroatoms. The predicted octanol–water partition coefficient (Wildman–Crippen LogP) is 0.657. The van der Waals surface area contributed by atoms with Crippen LogP contribution in [0.3, 0.4) is 0 Å². The summed E-state index contributed by atoms with van der Waals surface area (Å²) < 4.78 is 0. The lowest BCUT2D eigenvalue weighted by molar-refractivity contribution is -0.146. The smallest absolute Gasteiger partial charge is 0.326 e. The van der Waals surface area contributed by atoms with Crippen molar-refractivity contribution in [1.29, 1.82) is 0 Å². The predicted molar refractivity (Wildman–Crippen MR) is 55.4 cm³/mol. The summed E-state index contributed by atoms with van der Waals surface area (Å²) in [6, 6.07) is 2.91. The van der Waals surface area contributed by atoms with Gasteiger partial charge in [-0.3, -0.25) is 9.78 Å². The van der Waals surface area contributed by atoms with Gasteiger partial charge in [0.2, 0.25) is 5.91 Å². The van der Waals surface area contributed by atoms with Crippen molar-refractivity contribution in [3.63, 3.8) is 0 Å². The number of pyridine rings is 1. The molecule has 1 aromatic rings. The fraction of sp³-hybridized carbons (Fsp3) is 0.364. The highest BCUT2D eigenvalue weighted by molar-refractivity contribution is 5.87. The van der Waals surface area contributed by atoms with Crippen molar-refractivity contribution >= 4 is 11.9 Å². The number of carboxylic acid groups (broad SMARTS) is 1. The van der Waals surface area contributed by atoms with Crippen molar-refractivity contribution in [2.45, 2.75) is 25.4 Å². The van der Waals surface area contributed by atoms with Gasteiger partial charge in [-0.2, -0.15) is 0 Å². The molecule has 1 aliphatic heterocycles. The summed E-state index contributed by atoms with van der Waals surface area (Å²) in [6.07, 6.45) is 4.00. The topological polar surface area (TPSA) is 70.5 Å². The molecule has 0 aromatic carbocycles. The van der Waals surface area contributed by atoms with E-state index >= 15 is 0 Å². The van der Waals surface area contributed by atoms with E-state index in [1.165, 1.54) is 4.90 Å². The van der Waals surface area contributed by atoms with Gasteiger partial charge in [0.05, 0.1) is 0 Å². The second-order valence-electron chi connectivity index (χ2n) is 3.78. The van der Waals surface area contributed by atoms with Crippen LogP contribution in [0.1, 0.15) is 18.4 Å². The molecule has 16 heavy (non-hydrogen) atoms. The molecule has 1 aliphatic rings. The van der Waals surface area contributed by atoms with Gasteiger partial charge < -0.3 is 10.0 Å². The number of carbonyl (C=O) groups excluding carboxylic acids is 1. The zero-order valence-corrected chi connectivity index (χ0v) is 8.67. The van der Waals surface area contributed by atoms with Gasteiger partial charge in [-0.05, 0) is 18.1 Å². The maximum absolute atomic E-state index is 11.5. The quantitative estimate of drug-likeness (QED) is 0.812. The average molecular weight is 220 g/mol. The van der Waals surface area contributed by atoms with Gasteiger partial charge in [0.25, 0.3) is 0 Å². The van der Waals surface area contributed by atoms with Crippen molar-refractivity contribution in [3.05, 3.63) is 30.1 Å². The molecule has 1 amide bonds. The SMILES string of the molecule is O=C(O)[C@H]1CCC(=O)N1Cc1cccnc1. The number of carbonyl (C=O) groups is 2. The number of nitrogens with zero attached hydrogens (tertiary/aromatic N) is 2. The standard InChI is InChI=1S/C11H12N2O3/c14-10-4-3-9(11(15)16)13(10)7-8-2-1-5-12-6-8/h1-2,5-6,9H,3-4,7H2,(H,15,16)/t9-/m1/s1. The molecule has 0 aliphatic carbocycles. The van der Waals surface area contributed by atoms with E-state index in [4.69, 9.17) is 5.11 Å². The van der Waals surface area contributed by atoms with Crippen LogP contribution in [0.5, 0.6) is 0 Å². The molecular formula is C11H12N2O3. The summed E-state index contributed by atoms with van der Waals surface area (Å²) in [7, 11) is 0. The first kappa shape index (κ1) is 10.6. The molecular weight excluding hydrogens is 208 g/mol. The zero-order valence-electron chi connectivity index (χ0n) is 8.67. The second kappa shape index (κ2) is 4.30. The van der Waals surface area contributed by atoms with E-state index < -0.39 is 12.0 Å². The molecule has 1 N–H and O–H groups in total. The molecule has 2 rings (SSSR count). The first-order chi connectivity index (χ1) is 7.68. The minimum atomic E-state index is -0.935. The Kier molecular flexibility index (Phi) is 2.85. The van der Waals surface area contributed by atoms with Gasteiger partial charge in [0.1, 0.15) is 6.04 Å². The Morgan fingerprint density at radius 2 is 2.44 bits per heavy atom. The van der Waals surface area contributed by atoms with Crippen molar-refractivity contribution in [3.8, 4) is 0 Å². The summed E-state index contributed by atoms with van der Waals surface area (Å²) in [5.74, 6) is -1.04. The molecule has 1 aromatic heterocycles. The Bertz CT molecular complexity index is 405.